The van der Waals surface area contributed by atoms with E-state index in [1.165, 1.54) is 7.11 Å². The van der Waals surface area contributed by atoms with Crippen molar-refractivity contribution < 1.29 is 14.3 Å². The van der Waals surface area contributed by atoms with Crippen LogP contribution in [0.15, 0.2) is 53.6 Å². The van der Waals surface area contributed by atoms with Gasteiger partial charge in [0.25, 0.3) is 0 Å². The summed E-state index contributed by atoms with van der Waals surface area (Å²) in [6.07, 6.45) is 0. The monoisotopic (exact) mass is 405 g/mol. The van der Waals surface area contributed by atoms with E-state index in [1.807, 2.05) is 0 Å². The lowest BCUT2D eigenvalue weighted by atomic mass is 9.98. The lowest BCUT2D eigenvalue weighted by Crippen LogP contribution is -2.32. The van der Waals surface area contributed by atoms with Crippen LogP contribution in [0.25, 0.3) is 0 Å². The first-order valence-electron chi connectivity index (χ1n) is 8.19. The zero-order valence-corrected chi connectivity index (χ0v) is 16.0. The molecule has 0 aromatic heterocycles. The Balaban J connectivity index is 1.73. The maximum Gasteiger partial charge on any atom is 0.316 e. The molecule has 0 aliphatic carbocycles. The highest BCUT2D eigenvalue weighted by atomic mass is 35.5. The minimum absolute atomic E-state index is 0.00715. The van der Waals surface area contributed by atoms with Crippen LogP contribution in [0.2, 0.25) is 10.0 Å². The molecular weight excluding hydrogens is 389 g/mol. The number of carbonyl (C=O) groups excluding carboxylic acids is 2. The molecule has 1 N–H and O–H groups in total. The van der Waals surface area contributed by atoms with Crippen LogP contribution in [0.5, 0.6) is 0 Å². The van der Waals surface area contributed by atoms with Crippen molar-refractivity contribution in [2.24, 2.45) is 11.0 Å². The van der Waals surface area contributed by atoms with Crippen LogP contribution >= 0.6 is 23.2 Å². The van der Waals surface area contributed by atoms with Gasteiger partial charge in [-0.3, -0.25) is 14.6 Å². The Kier molecular flexibility index (Phi) is 5.98. The summed E-state index contributed by atoms with van der Waals surface area (Å²) in [6.45, 7) is 0.270. The topological polar surface area (TPSA) is 71.0 Å². The maximum absolute atomic E-state index is 12.3. The average Bonchev–Trinajstić information content (AvgIpc) is 3.07. The summed E-state index contributed by atoms with van der Waals surface area (Å²) in [5.74, 6) is -1.22. The number of nitrogens with one attached hydrogen (secondary N) is 1. The van der Waals surface area contributed by atoms with Crippen LogP contribution in [-0.4, -0.2) is 42.8 Å². The summed E-state index contributed by atoms with van der Waals surface area (Å²) >= 11 is 11.8. The maximum atomic E-state index is 12.3. The van der Waals surface area contributed by atoms with Crippen molar-refractivity contribution in [1.82, 2.24) is 5.01 Å². The number of methoxy groups -OCH3 is 1. The van der Waals surface area contributed by atoms with Crippen LogP contribution in [0, 0.1) is 5.92 Å². The number of anilines is 1. The van der Waals surface area contributed by atoms with E-state index in [9.17, 15) is 9.59 Å². The minimum Gasteiger partial charge on any atom is -0.468 e. The fraction of sp³-hybridized carbons (Fsp3) is 0.211. The molecule has 1 aliphatic rings. The third-order valence-electron chi connectivity index (χ3n) is 4.05. The van der Waals surface area contributed by atoms with Crippen LogP contribution < -0.4 is 5.32 Å². The van der Waals surface area contributed by atoms with E-state index >= 15 is 0 Å². The van der Waals surface area contributed by atoms with Gasteiger partial charge in [-0.1, -0.05) is 35.3 Å². The average molecular weight is 406 g/mol. The Hall–Kier alpha value is -2.57. The molecule has 27 heavy (non-hydrogen) atoms. The highest BCUT2D eigenvalue weighted by Gasteiger charge is 2.35. The van der Waals surface area contributed by atoms with Gasteiger partial charge in [0.1, 0.15) is 12.5 Å². The fourth-order valence-electron chi connectivity index (χ4n) is 2.77. The minimum atomic E-state index is -0.570. The second kappa shape index (κ2) is 8.41. The Labute approximate surface area is 166 Å². The molecule has 2 aromatic rings. The Morgan fingerprint density at radius 3 is 2.30 bits per heavy atom. The van der Waals surface area contributed by atoms with Gasteiger partial charge in [-0.2, -0.15) is 5.10 Å². The predicted octanol–water partition coefficient (Wildman–Crippen LogP) is 3.44. The first-order chi connectivity index (χ1) is 13.0. The highest BCUT2D eigenvalue weighted by molar-refractivity contribution is 6.31. The number of hydrogen-bond acceptors (Lipinski definition) is 5. The van der Waals surface area contributed by atoms with E-state index in [2.05, 4.69) is 10.4 Å². The second-order valence-corrected chi connectivity index (χ2v) is 6.84. The van der Waals surface area contributed by atoms with Crippen molar-refractivity contribution in [3.63, 3.8) is 0 Å². The van der Waals surface area contributed by atoms with Crippen LogP contribution in [0.3, 0.4) is 0 Å². The van der Waals surface area contributed by atoms with Gasteiger partial charge in [-0.25, -0.2) is 0 Å². The summed E-state index contributed by atoms with van der Waals surface area (Å²) in [6, 6.07) is 13.8. The van der Waals surface area contributed by atoms with Gasteiger partial charge < -0.3 is 10.1 Å². The molecule has 0 bridgehead atoms. The smallest absolute Gasteiger partial charge is 0.316 e. The summed E-state index contributed by atoms with van der Waals surface area (Å²) in [5, 5.41) is 9.96. The first kappa shape index (κ1) is 19.2. The van der Waals surface area contributed by atoms with E-state index in [-0.39, 0.29) is 19.0 Å². The van der Waals surface area contributed by atoms with Gasteiger partial charge >= 0.3 is 5.97 Å². The van der Waals surface area contributed by atoms with Crippen molar-refractivity contribution in [2.75, 3.05) is 25.5 Å². The number of carbonyl (C=O) groups is 2. The molecule has 140 valence electrons. The van der Waals surface area contributed by atoms with E-state index < -0.39 is 11.9 Å². The molecule has 1 aliphatic heterocycles. The highest BCUT2D eigenvalue weighted by Crippen LogP contribution is 2.22. The predicted molar refractivity (Wildman–Crippen MR) is 105 cm³/mol. The zero-order chi connectivity index (χ0) is 19.4. The van der Waals surface area contributed by atoms with E-state index in [0.29, 0.717) is 21.4 Å². The molecule has 1 amide bonds. The summed E-state index contributed by atoms with van der Waals surface area (Å²) in [7, 11) is 1.33. The molecule has 0 saturated carbocycles. The van der Waals surface area contributed by atoms with E-state index in [1.54, 1.807) is 53.5 Å². The number of rotatable bonds is 5. The second-order valence-electron chi connectivity index (χ2n) is 5.97. The number of ether oxygens (including phenoxy) is 1. The van der Waals surface area contributed by atoms with Gasteiger partial charge in [0.15, 0.2) is 0 Å². The van der Waals surface area contributed by atoms with Gasteiger partial charge in [0.2, 0.25) is 5.91 Å². The van der Waals surface area contributed by atoms with Crippen molar-refractivity contribution in [1.29, 1.82) is 0 Å². The number of amides is 1. The van der Waals surface area contributed by atoms with Gasteiger partial charge in [0.05, 0.1) is 19.4 Å². The molecule has 0 spiro atoms. The fourth-order valence-corrected chi connectivity index (χ4v) is 3.02. The van der Waals surface area contributed by atoms with E-state index in [0.717, 1.165) is 5.56 Å². The van der Waals surface area contributed by atoms with Crippen molar-refractivity contribution in [2.45, 2.75) is 0 Å². The van der Waals surface area contributed by atoms with Gasteiger partial charge in [-0.05, 0) is 42.0 Å². The Morgan fingerprint density at radius 1 is 1.11 bits per heavy atom. The summed E-state index contributed by atoms with van der Waals surface area (Å²) < 4.78 is 4.88. The quantitative estimate of drug-likeness (QED) is 0.773. The van der Waals surface area contributed by atoms with E-state index in [4.69, 9.17) is 27.9 Å². The third kappa shape index (κ3) is 4.78. The first-order valence-corrected chi connectivity index (χ1v) is 8.94. The SMILES string of the molecule is COC(=O)C1CN(CC(=O)Nc2ccc(Cl)cc2)N=C1c1ccc(Cl)cc1. The lowest BCUT2D eigenvalue weighted by Gasteiger charge is -2.15. The molecule has 6 nitrogen and oxygen atoms in total. The molecule has 1 unspecified atom stereocenters. The number of esters is 1. The molecule has 8 heteroatoms. The molecule has 3 rings (SSSR count). The zero-order valence-electron chi connectivity index (χ0n) is 14.5. The molecule has 0 fully saturated rings. The number of hydrazone groups is 1. The molecule has 2 aromatic carbocycles. The van der Waals surface area contributed by atoms with Crippen LogP contribution in [0.1, 0.15) is 5.56 Å². The lowest BCUT2D eigenvalue weighted by molar-refractivity contribution is -0.143. The molecule has 0 saturated heterocycles. The van der Waals surface area contributed by atoms with Crippen LogP contribution in [-0.2, 0) is 14.3 Å². The third-order valence-corrected chi connectivity index (χ3v) is 4.56. The Morgan fingerprint density at radius 2 is 1.70 bits per heavy atom. The van der Waals surface area contributed by atoms with Crippen molar-refractivity contribution >= 4 is 46.5 Å². The summed E-state index contributed by atoms with van der Waals surface area (Å²) in [4.78, 5) is 24.4. The number of nitrogens with zero attached hydrogens (tertiary/aromatic N) is 2. The Bertz CT molecular complexity index is 867. The standard InChI is InChI=1S/C19H17Cl2N3O3/c1-27-19(26)16-10-24(23-18(16)12-2-4-13(20)5-3-12)11-17(25)22-15-8-6-14(21)7-9-15/h2-9,16H,10-11H2,1H3,(H,22,25). The van der Waals surface area contributed by atoms with Gasteiger partial charge in [-0.15, -0.1) is 0 Å². The van der Waals surface area contributed by atoms with Crippen molar-refractivity contribution in [3.8, 4) is 0 Å². The summed E-state index contributed by atoms with van der Waals surface area (Å²) in [5.41, 5.74) is 1.95. The molecule has 0 radical (unpaired) electrons. The van der Waals surface area contributed by atoms with Crippen molar-refractivity contribution in [3.05, 3.63) is 64.1 Å². The largest absolute Gasteiger partial charge is 0.468 e. The molecule has 1 heterocycles. The normalized spacial score (nSPS) is 16.0. The number of benzene rings is 2. The van der Waals surface area contributed by atoms with Gasteiger partial charge in [0, 0.05) is 15.7 Å². The molecular formula is C19H17Cl2N3O3. The molecule has 1 atom stereocenters. The number of halogens is 2. The number of hydrogen-bond donors (Lipinski definition) is 1. The van der Waals surface area contributed by atoms with Crippen LogP contribution in [0.4, 0.5) is 5.69 Å².